The molecule has 2 aliphatic rings. The maximum Gasteiger partial charge on any atom is 0.219 e. The smallest absolute Gasteiger partial charge is 0.219 e. The Morgan fingerprint density at radius 3 is 2.86 bits per heavy atom. The summed E-state index contributed by atoms with van der Waals surface area (Å²) in [5.41, 5.74) is 2.26. The molecule has 1 N–H and O–H groups in total. The van der Waals surface area contributed by atoms with E-state index in [-0.39, 0.29) is 11.4 Å². The standard InChI is InChI=1S/C17H19IN2O2/c1-11(21)20-8-5-17(6-9-20)16-14(4-7-19-17)13-3-2-12(18)10-15(13)22-16/h2-3,10,19H,4-9H2,1H3. The number of piperidine rings is 1. The quantitative estimate of drug-likeness (QED) is 0.680. The van der Waals surface area contributed by atoms with Crippen molar-refractivity contribution in [1.29, 1.82) is 0 Å². The van der Waals surface area contributed by atoms with Crippen LogP contribution < -0.4 is 5.32 Å². The maximum atomic E-state index is 11.6. The number of hydrogen-bond acceptors (Lipinski definition) is 3. The first-order chi connectivity index (χ1) is 10.6. The van der Waals surface area contributed by atoms with Crippen LogP contribution in [0.2, 0.25) is 0 Å². The maximum absolute atomic E-state index is 11.6. The van der Waals surface area contributed by atoms with E-state index in [0.717, 1.165) is 50.2 Å². The van der Waals surface area contributed by atoms with Crippen molar-refractivity contribution in [3.8, 4) is 0 Å². The molecule has 2 aliphatic heterocycles. The third-order valence-corrected chi connectivity index (χ3v) is 5.76. The second kappa shape index (κ2) is 5.23. The van der Waals surface area contributed by atoms with E-state index in [1.807, 2.05) is 4.90 Å². The third-order valence-electron chi connectivity index (χ3n) is 5.09. The number of carbonyl (C=O) groups is 1. The molecule has 0 aliphatic carbocycles. The van der Waals surface area contributed by atoms with Crippen LogP contribution in [0.4, 0.5) is 0 Å². The van der Waals surface area contributed by atoms with Crippen LogP contribution in [-0.4, -0.2) is 30.4 Å². The number of rotatable bonds is 0. The fourth-order valence-corrected chi connectivity index (χ4v) is 4.34. The molecule has 1 saturated heterocycles. The highest BCUT2D eigenvalue weighted by atomic mass is 127. The molecule has 0 saturated carbocycles. The largest absolute Gasteiger partial charge is 0.459 e. The first-order valence-corrected chi connectivity index (χ1v) is 8.89. The van der Waals surface area contributed by atoms with E-state index in [1.54, 1.807) is 6.92 Å². The number of benzene rings is 1. The summed E-state index contributed by atoms with van der Waals surface area (Å²) in [5, 5.41) is 4.95. The second-order valence-corrected chi connectivity index (χ2v) is 7.56. The molecule has 1 amide bonds. The number of carbonyl (C=O) groups excluding carboxylic acids is 1. The van der Waals surface area contributed by atoms with Crippen LogP contribution in [0.15, 0.2) is 22.6 Å². The highest BCUT2D eigenvalue weighted by molar-refractivity contribution is 14.1. The molecule has 1 aromatic carbocycles. The molecule has 0 bridgehead atoms. The summed E-state index contributed by atoms with van der Waals surface area (Å²) < 4.78 is 7.49. The fourth-order valence-electron chi connectivity index (χ4n) is 3.87. The van der Waals surface area contributed by atoms with Crippen LogP contribution >= 0.6 is 22.6 Å². The van der Waals surface area contributed by atoms with Crippen molar-refractivity contribution in [3.63, 3.8) is 0 Å². The zero-order valence-corrected chi connectivity index (χ0v) is 14.8. The summed E-state index contributed by atoms with van der Waals surface area (Å²) in [6.07, 6.45) is 2.87. The molecule has 0 radical (unpaired) electrons. The van der Waals surface area contributed by atoms with E-state index < -0.39 is 0 Å². The van der Waals surface area contributed by atoms with Crippen molar-refractivity contribution >= 4 is 39.5 Å². The molecule has 1 aromatic heterocycles. The minimum absolute atomic E-state index is 0.0933. The Morgan fingerprint density at radius 1 is 1.36 bits per heavy atom. The van der Waals surface area contributed by atoms with Crippen LogP contribution in [-0.2, 0) is 16.8 Å². The Morgan fingerprint density at radius 2 is 2.14 bits per heavy atom. The zero-order valence-electron chi connectivity index (χ0n) is 12.6. The molecule has 0 atom stereocenters. The number of nitrogens with zero attached hydrogens (tertiary/aromatic N) is 1. The van der Waals surface area contributed by atoms with Gasteiger partial charge in [-0.15, -0.1) is 0 Å². The van der Waals surface area contributed by atoms with Gasteiger partial charge in [-0.05, 0) is 60.1 Å². The van der Waals surface area contributed by atoms with Crippen LogP contribution in [0.25, 0.3) is 11.0 Å². The predicted molar refractivity (Wildman–Crippen MR) is 93.8 cm³/mol. The average Bonchev–Trinajstić information content (AvgIpc) is 2.87. The second-order valence-electron chi connectivity index (χ2n) is 6.32. The number of halogens is 1. The van der Waals surface area contributed by atoms with Crippen molar-refractivity contribution in [2.45, 2.75) is 31.7 Å². The average molecular weight is 410 g/mol. The molecule has 5 heteroatoms. The number of fused-ring (bicyclic) bond motifs is 4. The first-order valence-electron chi connectivity index (χ1n) is 7.81. The molecule has 4 nitrogen and oxygen atoms in total. The van der Waals surface area contributed by atoms with E-state index >= 15 is 0 Å². The van der Waals surface area contributed by atoms with Gasteiger partial charge in [0.05, 0.1) is 5.54 Å². The molecule has 1 spiro atoms. The summed E-state index contributed by atoms with van der Waals surface area (Å²) >= 11 is 2.32. The van der Waals surface area contributed by atoms with Crippen LogP contribution in [0, 0.1) is 3.57 Å². The highest BCUT2D eigenvalue weighted by Gasteiger charge is 2.43. The van der Waals surface area contributed by atoms with E-state index in [0.29, 0.717) is 0 Å². The third kappa shape index (κ3) is 2.17. The van der Waals surface area contributed by atoms with E-state index in [2.05, 4.69) is 46.1 Å². The summed E-state index contributed by atoms with van der Waals surface area (Å²) in [5.74, 6) is 1.28. The van der Waals surface area contributed by atoms with E-state index in [9.17, 15) is 4.79 Å². The summed E-state index contributed by atoms with van der Waals surface area (Å²) in [4.78, 5) is 13.5. The van der Waals surface area contributed by atoms with Gasteiger partial charge < -0.3 is 14.6 Å². The molecular formula is C17H19IN2O2. The lowest BCUT2D eigenvalue weighted by Crippen LogP contribution is -2.54. The topological polar surface area (TPSA) is 45.5 Å². The molecule has 116 valence electrons. The molecule has 22 heavy (non-hydrogen) atoms. The number of furan rings is 1. The lowest BCUT2D eigenvalue weighted by atomic mass is 9.80. The van der Waals surface area contributed by atoms with Crippen molar-refractivity contribution in [1.82, 2.24) is 10.2 Å². The van der Waals surface area contributed by atoms with Gasteiger partial charge in [0.25, 0.3) is 0 Å². The summed E-state index contributed by atoms with van der Waals surface area (Å²) in [6, 6.07) is 6.45. The predicted octanol–water partition coefficient (Wildman–Crippen LogP) is 3.02. The van der Waals surface area contributed by atoms with Gasteiger partial charge in [-0.25, -0.2) is 0 Å². The van der Waals surface area contributed by atoms with Crippen LogP contribution in [0.3, 0.4) is 0 Å². The van der Waals surface area contributed by atoms with E-state index in [4.69, 9.17) is 4.42 Å². The Kier molecular flexibility index (Phi) is 3.45. The number of nitrogens with one attached hydrogen (secondary N) is 1. The molecule has 2 aromatic rings. The molecular weight excluding hydrogens is 391 g/mol. The first kappa shape index (κ1) is 14.5. The SMILES string of the molecule is CC(=O)N1CCC2(CC1)NCCc1c2oc2cc(I)ccc12. The number of amides is 1. The molecule has 4 rings (SSSR count). The van der Waals surface area contributed by atoms with Crippen molar-refractivity contribution in [3.05, 3.63) is 33.1 Å². The van der Waals surface area contributed by atoms with Gasteiger partial charge in [0.15, 0.2) is 0 Å². The highest BCUT2D eigenvalue weighted by Crippen LogP contribution is 2.42. The minimum atomic E-state index is -0.0933. The number of hydrogen-bond donors (Lipinski definition) is 1. The zero-order chi connectivity index (χ0) is 15.3. The lowest BCUT2D eigenvalue weighted by molar-refractivity contribution is -0.130. The monoisotopic (exact) mass is 410 g/mol. The van der Waals surface area contributed by atoms with Crippen molar-refractivity contribution < 1.29 is 9.21 Å². The van der Waals surface area contributed by atoms with Gasteiger partial charge in [0.2, 0.25) is 5.91 Å². The normalized spacial score (nSPS) is 20.4. The minimum Gasteiger partial charge on any atom is -0.459 e. The fraction of sp³-hybridized carbons (Fsp3) is 0.471. The van der Waals surface area contributed by atoms with Crippen LogP contribution in [0.1, 0.15) is 31.1 Å². The summed E-state index contributed by atoms with van der Waals surface area (Å²) in [7, 11) is 0. The van der Waals surface area contributed by atoms with Crippen molar-refractivity contribution in [2.75, 3.05) is 19.6 Å². The van der Waals surface area contributed by atoms with Gasteiger partial charge in [-0.2, -0.15) is 0 Å². The van der Waals surface area contributed by atoms with E-state index in [1.165, 1.54) is 14.5 Å². The van der Waals surface area contributed by atoms with Crippen molar-refractivity contribution in [2.24, 2.45) is 0 Å². The summed E-state index contributed by atoms with van der Waals surface area (Å²) in [6.45, 7) is 4.24. The van der Waals surface area contributed by atoms with Gasteiger partial charge in [0.1, 0.15) is 11.3 Å². The van der Waals surface area contributed by atoms with Gasteiger partial charge in [-0.3, -0.25) is 4.79 Å². The van der Waals surface area contributed by atoms with Crippen LogP contribution in [0.5, 0.6) is 0 Å². The molecule has 0 unspecified atom stereocenters. The Labute approximate surface area is 143 Å². The Bertz CT molecular complexity index is 744. The van der Waals surface area contributed by atoms with Gasteiger partial charge >= 0.3 is 0 Å². The molecule has 3 heterocycles. The lowest BCUT2D eigenvalue weighted by Gasteiger charge is -2.43. The number of likely N-dealkylation sites (tertiary alicyclic amines) is 1. The van der Waals surface area contributed by atoms with Gasteiger partial charge in [-0.1, -0.05) is 0 Å². The van der Waals surface area contributed by atoms with Gasteiger partial charge in [0, 0.05) is 41.1 Å². The Balaban J connectivity index is 1.76. The molecule has 1 fully saturated rings. The Hall–Kier alpha value is -1.08.